The van der Waals surface area contributed by atoms with Crippen molar-refractivity contribution in [2.75, 3.05) is 11.9 Å². The van der Waals surface area contributed by atoms with Gasteiger partial charge in [-0.2, -0.15) is 0 Å². The number of hydrogen-bond acceptors (Lipinski definition) is 5. The zero-order chi connectivity index (χ0) is 17.8. The molecule has 0 saturated carbocycles. The maximum Gasteiger partial charge on any atom is 0.269 e. The van der Waals surface area contributed by atoms with Crippen molar-refractivity contribution in [2.24, 2.45) is 0 Å². The highest BCUT2D eigenvalue weighted by Gasteiger charge is 2.58. The number of rotatable bonds is 2. The summed E-state index contributed by atoms with van der Waals surface area (Å²) in [4.78, 5) is 18.7. The number of hydrogen-bond donors (Lipinski definition) is 1. The van der Waals surface area contributed by atoms with E-state index in [4.69, 9.17) is 4.84 Å². The molecule has 2 aliphatic heterocycles. The van der Waals surface area contributed by atoms with E-state index in [2.05, 4.69) is 42.4 Å². The maximum absolute atomic E-state index is 10.8. The van der Waals surface area contributed by atoms with E-state index in [1.54, 1.807) is 12.1 Å². The lowest BCUT2D eigenvalue weighted by Crippen LogP contribution is -2.54. The molecule has 0 saturated heterocycles. The Bertz CT molecular complexity index is 889. The topological polar surface area (TPSA) is 67.6 Å². The number of nitro groups is 1. The molecule has 0 unspecified atom stereocenters. The van der Waals surface area contributed by atoms with Crippen molar-refractivity contribution < 1.29 is 9.76 Å². The summed E-state index contributed by atoms with van der Waals surface area (Å²) in [6.07, 6.45) is 2.06. The molecule has 0 bridgehead atoms. The van der Waals surface area contributed by atoms with E-state index < -0.39 is 10.6 Å². The van der Waals surface area contributed by atoms with Gasteiger partial charge in [0.25, 0.3) is 5.69 Å². The van der Waals surface area contributed by atoms with Gasteiger partial charge in [-0.05, 0) is 29.8 Å². The highest BCUT2D eigenvalue weighted by molar-refractivity contribution is 5.74. The number of para-hydroxylation sites is 1. The molecule has 25 heavy (non-hydrogen) atoms. The van der Waals surface area contributed by atoms with Crippen molar-refractivity contribution in [3.63, 3.8) is 0 Å². The minimum Gasteiger partial charge on any atom is -0.340 e. The fourth-order valence-electron chi connectivity index (χ4n) is 3.85. The van der Waals surface area contributed by atoms with E-state index in [-0.39, 0.29) is 11.1 Å². The molecule has 1 spiro atoms. The fourth-order valence-corrected chi connectivity index (χ4v) is 3.85. The standard InChI is InChI=1S/C19H19N3O3/c1-18(2)15-6-4-5-7-17(15)21(3)19(18)12-16(20-25-19)13-8-10-14(11-9-13)22(23)24/h4-12,20H,1-3H3/t19-/m0/s1. The van der Waals surface area contributed by atoms with Gasteiger partial charge in [0.05, 0.1) is 10.6 Å². The molecule has 6 nitrogen and oxygen atoms in total. The Kier molecular flexibility index (Phi) is 3.17. The number of nitro benzene ring substituents is 1. The molecule has 2 aliphatic rings. The molecular formula is C19H19N3O3. The third-order valence-corrected chi connectivity index (χ3v) is 5.38. The van der Waals surface area contributed by atoms with Crippen LogP contribution in [-0.2, 0) is 10.3 Å². The van der Waals surface area contributed by atoms with Crippen LogP contribution in [0.4, 0.5) is 11.4 Å². The third-order valence-electron chi connectivity index (χ3n) is 5.38. The number of fused-ring (bicyclic) bond motifs is 1. The quantitative estimate of drug-likeness (QED) is 0.670. The summed E-state index contributed by atoms with van der Waals surface area (Å²) in [6.45, 7) is 4.32. The van der Waals surface area contributed by atoms with Crippen molar-refractivity contribution in [3.8, 4) is 0 Å². The van der Waals surface area contributed by atoms with Crippen LogP contribution in [0, 0.1) is 10.1 Å². The summed E-state index contributed by atoms with van der Waals surface area (Å²) in [5.41, 5.74) is 6.18. The Morgan fingerprint density at radius 1 is 1.12 bits per heavy atom. The largest absolute Gasteiger partial charge is 0.340 e. The summed E-state index contributed by atoms with van der Waals surface area (Å²) in [7, 11) is 2.02. The molecule has 0 amide bonds. The van der Waals surface area contributed by atoms with Crippen LogP contribution < -0.4 is 10.4 Å². The van der Waals surface area contributed by atoms with Gasteiger partial charge in [-0.15, -0.1) is 0 Å². The number of non-ortho nitro benzene ring substituents is 1. The molecule has 4 rings (SSSR count). The first-order chi connectivity index (χ1) is 11.9. The first-order valence-corrected chi connectivity index (χ1v) is 8.12. The van der Waals surface area contributed by atoms with E-state index in [1.165, 1.54) is 17.7 Å². The first kappa shape index (κ1) is 15.7. The summed E-state index contributed by atoms with van der Waals surface area (Å²) in [5.74, 6) is 0. The van der Waals surface area contributed by atoms with Gasteiger partial charge in [-0.3, -0.25) is 15.6 Å². The van der Waals surface area contributed by atoms with Crippen LogP contribution >= 0.6 is 0 Å². The lowest BCUT2D eigenvalue weighted by atomic mass is 9.77. The monoisotopic (exact) mass is 337 g/mol. The minimum absolute atomic E-state index is 0.0729. The van der Waals surface area contributed by atoms with Crippen molar-refractivity contribution >= 4 is 17.1 Å². The van der Waals surface area contributed by atoms with E-state index in [9.17, 15) is 10.1 Å². The predicted molar refractivity (Wildman–Crippen MR) is 95.9 cm³/mol. The van der Waals surface area contributed by atoms with Crippen molar-refractivity contribution in [1.82, 2.24) is 5.48 Å². The minimum atomic E-state index is -0.659. The Balaban J connectivity index is 1.77. The molecule has 1 N–H and O–H groups in total. The molecule has 2 heterocycles. The molecular weight excluding hydrogens is 318 g/mol. The van der Waals surface area contributed by atoms with E-state index in [0.717, 1.165) is 16.9 Å². The van der Waals surface area contributed by atoms with Crippen LogP contribution in [0.25, 0.3) is 5.70 Å². The maximum atomic E-state index is 10.8. The highest BCUT2D eigenvalue weighted by atomic mass is 16.7. The average Bonchev–Trinajstić information content (AvgIpc) is 3.13. The molecule has 0 radical (unpaired) electrons. The molecule has 1 atom stereocenters. The SMILES string of the molecule is CN1c2ccccc2C(C)(C)[C@@]12C=C(c1ccc([N+](=O)[O-])cc1)NO2. The zero-order valence-corrected chi connectivity index (χ0v) is 14.3. The number of anilines is 1. The van der Waals surface area contributed by atoms with Crippen LogP contribution in [-0.4, -0.2) is 17.7 Å². The molecule has 2 aromatic rings. The van der Waals surface area contributed by atoms with Gasteiger partial charge < -0.3 is 4.90 Å². The number of benzene rings is 2. The van der Waals surface area contributed by atoms with Crippen LogP contribution in [0.15, 0.2) is 54.6 Å². The summed E-state index contributed by atoms with van der Waals surface area (Å²) < 4.78 is 0. The van der Waals surface area contributed by atoms with Crippen molar-refractivity contribution in [1.29, 1.82) is 0 Å². The summed E-state index contributed by atoms with van der Waals surface area (Å²) in [5, 5.41) is 10.8. The number of likely N-dealkylation sites (N-methyl/N-ethyl adjacent to an activating group) is 1. The summed E-state index contributed by atoms with van der Waals surface area (Å²) >= 11 is 0. The van der Waals surface area contributed by atoms with Crippen LogP contribution in [0.1, 0.15) is 25.0 Å². The predicted octanol–water partition coefficient (Wildman–Crippen LogP) is 3.59. The Morgan fingerprint density at radius 2 is 1.80 bits per heavy atom. The van der Waals surface area contributed by atoms with E-state index in [1.807, 2.05) is 19.2 Å². The van der Waals surface area contributed by atoms with Crippen molar-refractivity contribution in [3.05, 3.63) is 75.8 Å². The lowest BCUT2D eigenvalue weighted by molar-refractivity contribution is -0.384. The van der Waals surface area contributed by atoms with Gasteiger partial charge in [-0.1, -0.05) is 32.0 Å². The van der Waals surface area contributed by atoms with Gasteiger partial charge in [0, 0.05) is 35.8 Å². The normalized spacial score (nSPS) is 23.3. The second-order valence-electron chi connectivity index (χ2n) is 6.96. The van der Waals surface area contributed by atoms with Crippen molar-refractivity contribution in [2.45, 2.75) is 25.0 Å². The van der Waals surface area contributed by atoms with Gasteiger partial charge in [0.1, 0.15) is 0 Å². The molecule has 0 fully saturated rings. The van der Waals surface area contributed by atoms with E-state index >= 15 is 0 Å². The van der Waals surface area contributed by atoms with E-state index in [0.29, 0.717) is 0 Å². The average molecular weight is 337 g/mol. The fraction of sp³-hybridized carbons (Fsp3) is 0.263. The molecule has 128 valence electrons. The zero-order valence-electron chi connectivity index (χ0n) is 14.3. The Hall–Kier alpha value is -2.86. The lowest BCUT2D eigenvalue weighted by Gasteiger charge is -2.39. The third kappa shape index (κ3) is 2.01. The second-order valence-corrected chi connectivity index (χ2v) is 6.96. The number of nitrogens with zero attached hydrogens (tertiary/aromatic N) is 2. The molecule has 6 heteroatoms. The van der Waals surface area contributed by atoms with Crippen LogP contribution in [0.3, 0.4) is 0 Å². The van der Waals surface area contributed by atoms with Gasteiger partial charge in [0.2, 0.25) is 0 Å². The smallest absolute Gasteiger partial charge is 0.269 e. The van der Waals surface area contributed by atoms with Gasteiger partial charge in [0.15, 0.2) is 5.72 Å². The van der Waals surface area contributed by atoms with Crippen LogP contribution in [0.2, 0.25) is 0 Å². The Morgan fingerprint density at radius 3 is 2.44 bits per heavy atom. The van der Waals surface area contributed by atoms with Crippen LogP contribution in [0.5, 0.6) is 0 Å². The molecule has 2 aromatic carbocycles. The Labute approximate surface area is 145 Å². The molecule has 0 aromatic heterocycles. The first-order valence-electron chi connectivity index (χ1n) is 8.12. The number of hydroxylamine groups is 1. The van der Waals surface area contributed by atoms with Gasteiger partial charge >= 0.3 is 0 Å². The highest BCUT2D eigenvalue weighted by Crippen LogP contribution is 2.54. The second kappa shape index (κ2) is 5.07. The number of nitrogens with one attached hydrogen (secondary N) is 1. The van der Waals surface area contributed by atoms with Gasteiger partial charge in [-0.25, -0.2) is 4.84 Å². The summed E-state index contributed by atoms with van der Waals surface area (Å²) in [6, 6.07) is 14.7. The molecule has 0 aliphatic carbocycles.